The van der Waals surface area contributed by atoms with Crippen molar-refractivity contribution in [3.8, 4) is 0 Å². The summed E-state index contributed by atoms with van der Waals surface area (Å²) in [6, 6.07) is 0.884. The van der Waals surface area contributed by atoms with Gasteiger partial charge in [-0.1, -0.05) is 12.5 Å². The van der Waals surface area contributed by atoms with Gasteiger partial charge in [0.2, 0.25) is 10.0 Å². The highest BCUT2D eigenvalue weighted by Gasteiger charge is 2.36. The van der Waals surface area contributed by atoms with Crippen LogP contribution in [0.25, 0.3) is 0 Å². The Morgan fingerprint density at radius 1 is 1.14 bits per heavy atom. The van der Waals surface area contributed by atoms with Crippen LogP contribution >= 0.6 is 0 Å². The van der Waals surface area contributed by atoms with Crippen molar-refractivity contribution in [3.05, 3.63) is 28.3 Å². The summed E-state index contributed by atoms with van der Waals surface area (Å²) in [5.74, 6) is -1.32. The lowest BCUT2D eigenvalue weighted by Gasteiger charge is -2.36. The SMILES string of the molecule is Cc1cc(C)c(C)c(S(=O)(=O)N2CCCC[C@@H]2C(=O)[O-])c1C. The number of benzene rings is 1. The molecular weight excluding hydrogens is 302 g/mol. The lowest BCUT2D eigenvalue weighted by molar-refractivity contribution is -0.311. The minimum Gasteiger partial charge on any atom is -0.548 e. The fraction of sp³-hybridized carbons (Fsp3) is 0.562. The fourth-order valence-corrected chi connectivity index (χ4v) is 5.34. The van der Waals surface area contributed by atoms with Gasteiger partial charge in [-0.15, -0.1) is 0 Å². The van der Waals surface area contributed by atoms with Crippen molar-refractivity contribution >= 4 is 16.0 Å². The lowest BCUT2D eigenvalue weighted by atomic mass is 10.0. The lowest BCUT2D eigenvalue weighted by Crippen LogP contribution is -2.52. The number of carboxylic acid groups (broad SMARTS) is 1. The number of carbonyl (C=O) groups excluding carboxylic acids is 1. The second-order valence-electron chi connectivity index (χ2n) is 6.04. The summed E-state index contributed by atoms with van der Waals surface area (Å²) in [6.07, 6.45) is 1.69. The van der Waals surface area contributed by atoms with E-state index in [4.69, 9.17) is 0 Å². The Hall–Kier alpha value is -1.40. The number of rotatable bonds is 3. The van der Waals surface area contributed by atoms with Crippen LogP contribution in [-0.4, -0.2) is 31.3 Å². The molecule has 1 fully saturated rings. The van der Waals surface area contributed by atoms with Gasteiger partial charge in [-0.2, -0.15) is 4.31 Å². The Balaban J connectivity index is 2.62. The van der Waals surface area contributed by atoms with Gasteiger partial charge in [0.1, 0.15) is 0 Å². The highest BCUT2D eigenvalue weighted by Crippen LogP contribution is 2.32. The number of nitrogens with zero attached hydrogens (tertiary/aromatic N) is 1. The van der Waals surface area contributed by atoms with E-state index in [1.165, 1.54) is 0 Å². The zero-order chi connectivity index (χ0) is 16.7. The van der Waals surface area contributed by atoms with E-state index < -0.39 is 22.0 Å². The molecule has 1 heterocycles. The Morgan fingerprint density at radius 2 is 1.68 bits per heavy atom. The van der Waals surface area contributed by atoms with E-state index in [0.717, 1.165) is 15.4 Å². The van der Waals surface area contributed by atoms with Crippen molar-refractivity contribution in [3.63, 3.8) is 0 Å². The summed E-state index contributed by atoms with van der Waals surface area (Å²) < 4.78 is 27.3. The van der Waals surface area contributed by atoms with Crippen LogP contribution in [0.4, 0.5) is 0 Å². The first-order valence-electron chi connectivity index (χ1n) is 7.48. The van der Waals surface area contributed by atoms with E-state index in [1.54, 1.807) is 13.8 Å². The monoisotopic (exact) mass is 324 g/mol. The molecule has 1 aromatic carbocycles. The van der Waals surface area contributed by atoms with Gasteiger partial charge in [-0.25, -0.2) is 8.42 Å². The van der Waals surface area contributed by atoms with Crippen molar-refractivity contribution in [2.75, 3.05) is 6.54 Å². The van der Waals surface area contributed by atoms with Gasteiger partial charge in [0.15, 0.2) is 0 Å². The average molecular weight is 324 g/mol. The third-order valence-electron chi connectivity index (χ3n) is 4.59. The number of carbonyl (C=O) groups is 1. The number of aryl methyl sites for hydroxylation is 2. The highest BCUT2D eigenvalue weighted by molar-refractivity contribution is 7.89. The number of hydrogen-bond donors (Lipinski definition) is 0. The molecule has 5 nitrogen and oxygen atoms in total. The van der Waals surface area contributed by atoms with E-state index in [2.05, 4.69) is 0 Å². The van der Waals surface area contributed by atoms with Gasteiger partial charge in [-0.05, 0) is 62.8 Å². The molecule has 0 unspecified atom stereocenters. The second-order valence-corrected chi connectivity index (χ2v) is 7.86. The Morgan fingerprint density at radius 3 is 2.18 bits per heavy atom. The van der Waals surface area contributed by atoms with E-state index >= 15 is 0 Å². The predicted molar refractivity (Wildman–Crippen MR) is 81.9 cm³/mol. The van der Waals surface area contributed by atoms with Crippen LogP contribution in [0.15, 0.2) is 11.0 Å². The zero-order valence-corrected chi connectivity index (χ0v) is 14.3. The molecule has 0 radical (unpaired) electrons. The first-order valence-corrected chi connectivity index (χ1v) is 8.92. The van der Waals surface area contributed by atoms with Crippen LogP contribution < -0.4 is 5.11 Å². The summed E-state index contributed by atoms with van der Waals surface area (Å²) in [5.41, 5.74) is 3.16. The van der Waals surface area contributed by atoms with Crippen LogP contribution in [0.3, 0.4) is 0 Å². The number of carboxylic acids is 1. The smallest absolute Gasteiger partial charge is 0.244 e. The van der Waals surface area contributed by atoms with E-state index in [-0.39, 0.29) is 11.4 Å². The molecule has 0 bridgehead atoms. The predicted octanol–water partition coefficient (Wildman–Crippen LogP) is 1.21. The first-order chi connectivity index (χ1) is 10.2. The van der Waals surface area contributed by atoms with Crippen LogP contribution in [0.5, 0.6) is 0 Å². The molecule has 0 aromatic heterocycles. The van der Waals surface area contributed by atoms with Gasteiger partial charge in [-0.3, -0.25) is 0 Å². The zero-order valence-electron chi connectivity index (χ0n) is 13.5. The largest absolute Gasteiger partial charge is 0.548 e. The summed E-state index contributed by atoms with van der Waals surface area (Å²) >= 11 is 0. The molecule has 122 valence electrons. The van der Waals surface area contributed by atoms with Gasteiger partial charge < -0.3 is 9.90 Å². The Labute approximate surface area is 132 Å². The van der Waals surface area contributed by atoms with Crippen LogP contribution in [0, 0.1) is 27.7 Å². The summed E-state index contributed by atoms with van der Waals surface area (Å²) in [4.78, 5) is 11.6. The molecule has 2 rings (SSSR count). The van der Waals surface area contributed by atoms with Crippen molar-refractivity contribution in [2.45, 2.75) is 57.9 Å². The normalized spacial score (nSPS) is 20.1. The van der Waals surface area contributed by atoms with E-state index in [9.17, 15) is 18.3 Å². The molecule has 0 spiro atoms. The van der Waals surface area contributed by atoms with Gasteiger partial charge >= 0.3 is 0 Å². The summed E-state index contributed by atoms with van der Waals surface area (Å²) in [5, 5.41) is 11.3. The molecular formula is C16H22NO4S-. The van der Waals surface area contributed by atoms with E-state index in [1.807, 2.05) is 19.9 Å². The van der Waals surface area contributed by atoms with Crippen molar-refractivity contribution < 1.29 is 18.3 Å². The van der Waals surface area contributed by atoms with E-state index in [0.29, 0.717) is 30.4 Å². The maximum atomic E-state index is 13.1. The molecule has 6 heteroatoms. The third-order valence-corrected chi connectivity index (χ3v) is 6.77. The van der Waals surface area contributed by atoms with Crippen LogP contribution in [-0.2, 0) is 14.8 Å². The maximum Gasteiger partial charge on any atom is 0.244 e. The number of hydrogen-bond acceptors (Lipinski definition) is 4. The van der Waals surface area contributed by atoms with Crippen LogP contribution in [0.1, 0.15) is 41.5 Å². The summed E-state index contributed by atoms with van der Waals surface area (Å²) in [7, 11) is -3.85. The Bertz CT molecular complexity index is 683. The fourth-order valence-electron chi connectivity index (χ4n) is 3.11. The molecule has 0 saturated carbocycles. The summed E-state index contributed by atoms with van der Waals surface area (Å²) in [6.45, 7) is 7.51. The maximum absolute atomic E-state index is 13.1. The van der Waals surface area contributed by atoms with Crippen LogP contribution in [0.2, 0.25) is 0 Å². The van der Waals surface area contributed by atoms with Crippen molar-refractivity contribution in [1.29, 1.82) is 0 Å². The van der Waals surface area contributed by atoms with Gasteiger partial charge in [0.25, 0.3) is 0 Å². The quantitative estimate of drug-likeness (QED) is 0.837. The highest BCUT2D eigenvalue weighted by atomic mass is 32.2. The molecule has 22 heavy (non-hydrogen) atoms. The molecule has 1 aromatic rings. The molecule has 0 N–H and O–H groups in total. The number of piperidine rings is 1. The molecule has 1 atom stereocenters. The minimum absolute atomic E-state index is 0.229. The van der Waals surface area contributed by atoms with Gasteiger partial charge in [0, 0.05) is 6.54 Å². The average Bonchev–Trinajstić information content (AvgIpc) is 2.45. The molecule has 1 saturated heterocycles. The topological polar surface area (TPSA) is 77.5 Å². The molecule has 0 amide bonds. The van der Waals surface area contributed by atoms with Crippen molar-refractivity contribution in [1.82, 2.24) is 4.31 Å². The number of sulfonamides is 1. The molecule has 1 aliphatic rings. The number of aliphatic carboxylic acids is 1. The van der Waals surface area contributed by atoms with Gasteiger partial charge in [0.05, 0.1) is 16.9 Å². The standard InChI is InChI=1S/C16H23NO4S/c1-10-9-11(2)13(4)15(12(10)3)22(20,21)17-8-6-5-7-14(17)16(18)19/h9,14H,5-8H2,1-4H3,(H,18,19)/p-1/t14-/m1/s1. The first kappa shape index (κ1) is 17.0. The minimum atomic E-state index is -3.85. The molecule has 1 aliphatic heterocycles. The molecule has 0 aliphatic carbocycles. The Kier molecular flexibility index (Phi) is 4.63. The third kappa shape index (κ3) is 2.77. The van der Waals surface area contributed by atoms with Crippen molar-refractivity contribution in [2.24, 2.45) is 0 Å². The second kappa shape index (κ2) is 6.01.